The number of hydrogen-bond donors (Lipinski definition) is 1. The van der Waals surface area contributed by atoms with Gasteiger partial charge in [0.05, 0.1) is 0 Å². The van der Waals surface area contributed by atoms with Crippen molar-refractivity contribution in [2.45, 2.75) is 6.54 Å². The van der Waals surface area contributed by atoms with Crippen molar-refractivity contribution in [1.82, 2.24) is 4.98 Å². The van der Waals surface area contributed by atoms with E-state index in [0.29, 0.717) is 23.7 Å². The highest BCUT2D eigenvalue weighted by Gasteiger charge is 1.99. The standard InChI is InChI=1S/C13H11N3O/c14-8-10-1-3-12(4-2-10)17-13-5-6-16-11(7-13)9-15/h1-7H,8,14H2. The Bertz CT molecular complexity index is 543. The molecule has 0 fully saturated rings. The lowest BCUT2D eigenvalue weighted by molar-refractivity contribution is 0.481. The minimum absolute atomic E-state index is 0.334. The molecule has 0 spiro atoms. The fourth-order valence-electron chi connectivity index (χ4n) is 1.37. The molecule has 1 aromatic heterocycles. The van der Waals surface area contributed by atoms with Gasteiger partial charge in [-0.05, 0) is 23.8 Å². The Kier molecular flexibility index (Phi) is 3.34. The maximum absolute atomic E-state index is 8.71. The first kappa shape index (κ1) is 11.1. The minimum Gasteiger partial charge on any atom is -0.457 e. The Morgan fingerprint density at radius 1 is 1.18 bits per heavy atom. The molecular weight excluding hydrogens is 214 g/mol. The summed E-state index contributed by atoms with van der Waals surface area (Å²) < 4.78 is 5.59. The molecule has 2 N–H and O–H groups in total. The average molecular weight is 225 g/mol. The van der Waals surface area contributed by atoms with E-state index in [1.807, 2.05) is 30.3 Å². The van der Waals surface area contributed by atoms with Gasteiger partial charge in [-0.3, -0.25) is 0 Å². The fourth-order valence-corrected chi connectivity index (χ4v) is 1.37. The highest BCUT2D eigenvalue weighted by Crippen LogP contribution is 2.21. The highest BCUT2D eigenvalue weighted by molar-refractivity contribution is 5.35. The zero-order chi connectivity index (χ0) is 12.1. The molecule has 2 rings (SSSR count). The first-order valence-electron chi connectivity index (χ1n) is 5.15. The Balaban J connectivity index is 2.16. The van der Waals surface area contributed by atoms with Gasteiger partial charge in [-0.2, -0.15) is 5.26 Å². The number of aromatic nitrogens is 1. The molecule has 17 heavy (non-hydrogen) atoms. The molecule has 0 unspecified atom stereocenters. The molecule has 4 nitrogen and oxygen atoms in total. The maximum atomic E-state index is 8.71. The predicted molar refractivity (Wildman–Crippen MR) is 63.4 cm³/mol. The number of rotatable bonds is 3. The zero-order valence-corrected chi connectivity index (χ0v) is 9.13. The van der Waals surface area contributed by atoms with E-state index in [-0.39, 0.29) is 0 Å². The lowest BCUT2D eigenvalue weighted by atomic mass is 10.2. The SMILES string of the molecule is N#Cc1cc(Oc2ccc(CN)cc2)ccn1. The zero-order valence-electron chi connectivity index (χ0n) is 9.13. The Hall–Kier alpha value is -2.38. The third-order valence-electron chi connectivity index (χ3n) is 2.24. The van der Waals surface area contributed by atoms with Crippen molar-refractivity contribution in [2.75, 3.05) is 0 Å². The van der Waals surface area contributed by atoms with E-state index in [4.69, 9.17) is 15.7 Å². The summed E-state index contributed by atoms with van der Waals surface area (Å²) in [5, 5.41) is 8.71. The number of nitrogens with two attached hydrogens (primary N) is 1. The Morgan fingerprint density at radius 3 is 2.59 bits per heavy atom. The van der Waals surface area contributed by atoms with Gasteiger partial charge in [0.25, 0.3) is 0 Å². The van der Waals surface area contributed by atoms with Gasteiger partial charge in [0, 0.05) is 18.8 Å². The van der Waals surface area contributed by atoms with Crippen LogP contribution < -0.4 is 10.5 Å². The van der Waals surface area contributed by atoms with Gasteiger partial charge in [0.2, 0.25) is 0 Å². The van der Waals surface area contributed by atoms with Gasteiger partial charge in [0.1, 0.15) is 23.3 Å². The first-order chi connectivity index (χ1) is 8.31. The molecular formula is C13H11N3O. The second-order valence-electron chi connectivity index (χ2n) is 3.44. The van der Waals surface area contributed by atoms with E-state index < -0.39 is 0 Å². The molecule has 2 aromatic rings. The molecule has 84 valence electrons. The van der Waals surface area contributed by atoms with E-state index >= 15 is 0 Å². The van der Waals surface area contributed by atoms with Gasteiger partial charge in [-0.15, -0.1) is 0 Å². The minimum atomic E-state index is 0.334. The monoisotopic (exact) mass is 225 g/mol. The number of ether oxygens (including phenoxy) is 1. The van der Waals surface area contributed by atoms with E-state index in [2.05, 4.69) is 4.98 Å². The van der Waals surface area contributed by atoms with Crippen molar-refractivity contribution >= 4 is 0 Å². The topological polar surface area (TPSA) is 71.9 Å². The van der Waals surface area contributed by atoms with Gasteiger partial charge in [-0.1, -0.05) is 12.1 Å². The van der Waals surface area contributed by atoms with Crippen LogP contribution in [0.25, 0.3) is 0 Å². The summed E-state index contributed by atoms with van der Waals surface area (Å²) in [5.74, 6) is 1.30. The van der Waals surface area contributed by atoms with Crippen LogP contribution in [0.2, 0.25) is 0 Å². The van der Waals surface area contributed by atoms with Crippen molar-refractivity contribution < 1.29 is 4.74 Å². The van der Waals surface area contributed by atoms with Gasteiger partial charge in [-0.25, -0.2) is 4.98 Å². The van der Waals surface area contributed by atoms with Crippen LogP contribution in [0.1, 0.15) is 11.3 Å². The van der Waals surface area contributed by atoms with Gasteiger partial charge >= 0.3 is 0 Å². The quantitative estimate of drug-likeness (QED) is 0.869. The summed E-state index contributed by atoms with van der Waals surface area (Å²) in [6.45, 7) is 0.508. The Morgan fingerprint density at radius 2 is 1.94 bits per heavy atom. The van der Waals surface area contributed by atoms with Crippen LogP contribution in [0.3, 0.4) is 0 Å². The summed E-state index contributed by atoms with van der Waals surface area (Å²) in [6, 6.07) is 12.8. The molecule has 0 bridgehead atoms. The number of benzene rings is 1. The first-order valence-corrected chi connectivity index (χ1v) is 5.15. The molecule has 0 amide bonds. The smallest absolute Gasteiger partial charge is 0.144 e. The summed E-state index contributed by atoms with van der Waals surface area (Å²) >= 11 is 0. The van der Waals surface area contributed by atoms with E-state index in [1.165, 1.54) is 0 Å². The second-order valence-corrected chi connectivity index (χ2v) is 3.44. The van der Waals surface area contributed by atoms with Gasteiger partial charge in [0.15, 0.2) is 0 Å². The van der Waals surface area contributed by atoms with Crippen molar-refractivity contribution in [3.8, 4) is 17.6 Å². The van der Waals surface area contributed by atoms with Gasteiger partial charge < -0.3 is 10.5 Å². The van der Waals surface area contributed by atoms with Crippen LogP contribution in [0.15, 0.2) is 42.6 Å². The van der Waals surface area contributed by atoms with Crippen molar-refractivity contribution in [3.05, 3.63) is 53.9 Å². The number of hydrogen-bond acceptors (Lipinski definition) is 4. The second kappa shape index (κ2) is 5.10. The van der Waals surface area contributed by atoms with Crippen LogP contribution in [0, 0.1) is 11.3 Å². The lowest BCUT2D eigenvalue weighted by Gasteiger charge is -2.05. The van der Waals surface area contributed by atoms with E-state index in [9.17, 15) is 0 Å². The molecule has 0 atom stereocenters. The number of pyridine rings is 1. The van der Waals surface area contributed by atoms with E-state index in [0.717, 1.165) is 5.56 Å². The Labute approximate surface area is 99.3 Å². The van der Waals surface area contributed by atoms with Crippen LogP contribution in [-0.4, -0.2) is 4.98 Å². The normalized spacial score (nSPS) is 9.65. The summed E-state index contributed by atoms with van der Waals surface area (Å²) in [7, 11) is 0. The van der Waals surface area contributed by atoms with Crippen LogP contribution >= 0.6 is 0 Å². The maximum Gasteiger partial charge on any atom is 0.144 e. The number of nitrogens with zero attached hydrogens (tertiary/aromatic N) is 2. The number of nitriles is 1. The third-order valence-corrected chi connectivity index (χ3v) is 2.24. The highest BCUT2D eigenvalue weighted by atomic mass is 16.5. The largest absolute Gasteiger partial charge is 0.457 e. The average Bonchev–Trinajstić information content (AvgIpc) is 2.40. The summed E-state index contributed by atoms with van der Waals surface area (Å²) in [4.78, 5) is 3.87. The molecule has 4 heteroatoms. The molecule has 0 radical (unpaired) electrons. The van der Waals surface area contributed by atoms with Crippen molar-refractivity contribution in [2.24, 2.45) is 5.73 Å². The fraction of sp³-hybridized carbons (Fsp3) is 0.0769. The molecule has 0 aliphatic carbocycles. The molecule has 0 saturated carbocycles. The predicted octanol–water partition coefficient (Wildman–Crippen LogP) is 2.20. The molecule has 0 saturated heterocycles. The molecule has 0 aliphatic heterocycles. The van der Waals surface area contributed by atoms with Crippen molar-refractivity contribution in [3.63, 3.8) is 0 Å². The molecule has 0 aliphatic rings. The van der Waals surface area contributed by atoms with E-state index in [1.54, 1.807) is 18.3 Å². The summed E-state index contributed by atoms with van der Waals surface area (Å²) in [5.41, 5.74) is 6.89. The van der Waals surface area contributed by atoms with Crippen LogP contribution in [0.4, 0.5) is 0 Å². The summed E-state index contributed by atoms with van der Waals surface area (Å²) in [6.07, 6.45) is 1.54. The molecule has 1 heterocycles. The lowest BCUT2D eigenvalue weighted by Crippen LogP contribution is -1.95. The van der Waals surface area contributed by atoms with Crippen LogP contribution in [-0.2, 0) is 6.54 Å². The third kappa shape index (κ3) is 2.80. The van der Waals surface area contributed by atoms with Crippen molar-refractivity contribution in [1.29, 1.82) is 5.26 Å². The van der Waals surface area contributed by atoms with Crippen LogP contribution in [0.5, 0.6) is 11.5 Å². The molecule has 1 aromatic carbocycles.